The van der Waals surface area contributed by atoms with E-state index in [0.717, 1.165) is 24.4 Å². The Labute approximate surface area is 128 Å². The Morgan fingerprint density at radius 3 is 2.47 bits per heavy atom. The molecule has 1 fully saturated rings. The van der Waals surface area contributed by atoms with Crippen LogP contribution in [0.2, 0.25) is 0 Å². The molecule has 1 amide bonds. The van der Waals surface area contributed by atoms with E-state index in [1.807, 2.05) is 24.3 Å². The Morgan fingerprint density at radius 1 is 1.21 bits per heavy atom. The minimum atomic E-state index is 0.0955. The van der Waals surface area contributed by atoms with Crippen LogP contribution in [0, 0.1) is 9.49 Å². The van der Waals surface area contributed by atoms with E-state index in [4.69, 9.17) is 0 Å². The van der Waals surface area contributed by atoms with Gasteiger partial charge in [0.25, 0.3) is 0 Å². The molecule has 19 heavy (non-hydrogen) atoms. The Hall–Kier alpha value is -0.780. The summed E-state index contributed by atoms with van der Waals surface area (Å²) in [4.78, 5) is 11.9. The van der Waals surface area contributed by atoms with Crippen molar-refractivity contribution in [1.29, 1.82) is 0 Å². The monoisotopic (exact) mass is 372 g/mol. The van der Waals surface area contributed by atoms with Crippen molar-refractivity contribution >= 4 is 34.2 Å². The number of anilines is 1. The van der Waals surface area contributed by atoms with Crippen molar-refractivity contribution in [2.24, 2.45) is 5.92 Å². The Bertz CT molecular complexity index is 411. The van der Waals surface area contributed by atoms with Crippen LogP contribution in [0.3, 0.4) is 0 Å². The summed E-state index contributed by atoms with van der Waals surface area (Å²) in [6.07, 6.45) is 4.71. The molecule has 1 aliphatic carbocycles. The van der Waals surface area contributed by atoms with Crippen LogP contribution in [0.1, 0.15) is 32.6 Å². The molecule has 1 aromatic rings. The predicted molar refractivity (Wildman–Crippen MR) is 87.2 cm³/mol. The van der Waals surface area contributed by atoms with Crippen LogP contribution in [0.4, 0.5) is 5.69 Å². The number of carbonyl (C=O) groups excluding carboxylic acids is 1. The molecule has 3 nitrogen and oxygen atoms in total. The summed E-state index contributed by atoms with van der Waals surface area (Å²) in [7, 11) is 0. The van der Waals surface area contributed by atoms with Crippen molar-refractivity contribution in [3.05, 3.63) is 27.8 Å². The summed E-state index contributed by atoms with van der Waals surface area (Å²) >= 11 is 2.27. The van der Waals surface area contributed by atoms with Gasteiger partial charge in [-0.15, -0.1) is 0 Å². The van der Waals surface area contributed by atoms with E-state index >= 15 is 0 Å². The molecule has 0 aliphatic heterocycles. The molecule has 2 N–H and O–H groups in total. The third-order valence-electron chi connectivity index (χ3n) is 3.68. The normalized spacial score (nSPS) is 22.8. The van der Waals surface area contributed by atoms with E-state index in [0.29, 0.717) is 12.6 Å². The summed E-state index contributed by atoms with van der Waals surface area (Å²) in [6.45, 7) is 2.64. The molecule has 0 spiro atoms. The van der Waals surface area contributed by atoms with Gasteiger partial charge in [-0.2, -0.15) is 0 Å². The molecule has 2 rings (SSSR count). The zero-order chi connectivity index (χ0) is 13.7. The van der Waals surface area contributed by atoms with E-state index in [9.17, 15) is 4.79 Å². The van der Waals surface area contributed by atoms with Gasteiger partial charge in [0.05, 0.1) is 6.54 Å². The van der Waals surface area contributed by atoms with Crippen LogP contribution in [-0.4, -0.2) is 18.5 Å². The zero-order valence-electron chi connectivity index (χ0n) is 11.3. The van der Waals surface area contributed by atoms with Crippen molar-refractivity contribution in [3.63, 3.8) is 0 Å². The summed E-state index contributed by atoms with van der Waals surface area (Å²) in [5, 5.41) is 6.27. The summed E-state index contributed by atoms with van der Waals surface area (Å²) in [5.41, 5.74) is 0.993. The highest BCUT2D eigenvalue weighted by molar-refractivity contribution is 14.1. The maximum absolute atomic E-state index is 11.9. The summed E-state index contributed by atoms with van der Waals surface area (Å²) < 4.78 is 1.20. The highest BCUT2D eigenvalue weighted by Gasteiger charge is 2.19. The van der Waals surface area contributed by atoms with E-state index in [1.165, 1.54) is 16.4 Å². The van der Waals surface area contributed by atoms with Gasteiger partial charge in [-0.25, -0.2) is 0 Å². The van der Waals surface area contributed by atoms with Crippen molar-refractivity contribution in [1.82, 2.24) is 5.32 Å². The molecule has 0 heterocycles. The Morgan fingerprint density at radius 2 is 1.84 bits per heavy atom. The van der Waals surface area contributed by atoms with Gasteiger partial charge in [-0.3, -0.25) is 4.79 Å². The number of halogens is 1. The lowest BCUT2D eigenvalue weighted by molar-refractivity contribution is -0.120. The van der Waals surface area contributed by atoms with Gasteiger partial charge in [-0.1, -0.05) is 6.92 Å². The number of rotatable bonds is 4. The average molecular weight is 372 g/mol. The molecule has 0 bridgehead atoms. The fraction of sp³-hybridized carbons (Fsp3) is 0.533. The number of nitrogens with one attached hydrogen (secondary N) is 2. The van der Waals surface area contributed by atoms with Crippen molar-refractivity contribution in [2.75, 3.05) is 11.9 Å². The molecule has 0 aromatic heterocycles. The van der Waals surface area contributed by atoms with E-state index in [-0.39, 0.29) is 5.91 Å². The van der Waals surface area contributed by atoms with Crippen molar-refractivity contribution in [3.8, 4) is 0 Å². The summed E-state index contributed by atoms with van der Waals surface area (Å²) in [6, 6.07) is 8.43. The standard InChI is InChI=1S/C15H21IN2O/c1-11-2-6-14(7-3-11)18-15(19)10-17-13-8-4-12(16)5-9-13/h4-5,8-9,11,14,17H,2-3,6-7,10H2,1H3,(H,18,19). The molecule has 1 aliphatic rings. The maximum atomic E-state index is 11.9. The Balaban J connectivity index is 1.71. The number of carbonyl (C=O) groups is 1. The lowest BCUT2D eigenvalue weighted by Gasteiger charge is -2.27. The number of hydrogen-bond donors (Lipinski definition) is 2. The molecule has 1 saturated carbocycles. The first kappa shape index (κ1) is 14.6. The third kappa shape index (κ3) is 5.01. The lowest BCUT2D eigenvalue weighted by atomic mass is 9.87. The fourth-order valence-corrected chi connectivity index (χ4v) is 2.79. The number of benzene rings is 1. The minimum absolute atomic E-state index is 0.0955. The molecule has 104 valence electrons. The van der Waals surface area contributed by atoms with E-state index in [1.54, 1.807) is 0 Å². The zero-order valence-corrected chi connectivity index (χ0v) is 13.4. The van der Waals surface area contributed by atoms with Gasteiger partial charge >= 0.3 is 0 Å². The number of hydrogen-bond acceptors (Lipinski definition) is 2. The van der Waals surface area contributed by atoms with E-state index in [2.05, 4.69) is 40.1 Å². The summed E-state index contributed by atoms with van der Waals surface area (Å²) in [5.74, 6) is 0.913. The van der Waals surface area contributed by atoms with Crippen molar-refractivity contribution in [2.45, 2.75) is 38.6 Å². The van der Waals surface area contributed by atoms with Gasteiger partial charge in [0, 0.05) is 15.3 Å². The topological polar surface area (TPSA) is 41.1 Å². The second-order valence-corrected chi connectivity index (χ2v) is 6.63. The van der Waals surface area contributed by atoms with E-state index < -0.39 is 0 Å². The second-order valence-electron chi connectivity index (χ2n) is 5.38. The van der Waals surface area contributed by atoms with Crippen LogP contribution >= 0.6 is 22.6 Å². The van der Waals surface area contributed by atoms with Crippen LogP contribution < -0.4 is 10.6 Å². The van der Waals surface area contributed by atoms with Crippen LogP contribution in [-0.2, 0) is 4.79 Å². The van der Waals surface area contributed by atoms with Crippen LogP contribution in [0.5, 0.6) is 0 Å². The highest BCUT2D eigenvalue weighted by atomic mass is 127. The molecule has 4 heteroatoms. The first-order valence-electron chi connectivity index (χ1n) is 6.92. The molecular weight excluding hydrogens is 351 g/mol. The largest absolute Gasteiger partial charge is 0.376 e. The predicted octanol–water partition coefficient (Wildman–Crippen LogP) is 3.40. The molecule has 1 aromatic carbocycles. The average Bonchev–Trinajstić information content (AvgIpc) is 2.41. The maximum Gasteiger partial charge on any atom is 0.239 e. The van der Waals surface area contributed by atoms with Gasteiger partial charge in [-0.05, 0) is 78.5 Å². The van der Waals surface area contributed by atoms with Crippen LogP contribution in [0.15, 0.2) is 24.3 Å². The SMILES string of the molecule is CC1CCC(NC(=O)CNc2ccc(I)cc2)CC1. The Kier molecular flexibility index (Phi) is 5.48. The lowest BCUT2D eigenvalue weighted by Crippen LogP contribution is -2.40. The van der Waals surface area contributed by atoms with Crippen molar-refractivity contribution < 1.29 is 4.79 Å². The number of amides is 1. The molecule has 0 atom stereocenters. The molecule has 0 unspecified atom stereocenters. The van der Waals surface area contributed by atoms with Gasteiger partial charge in [0.2, 0.25) is 5.91 Å². The van der Waals surface area contributed by atoms with Gasteiger partial charge in [0.15, 0.2) is 0 Å². The third-order valence-corrected chi connectivity index (χ3v) is 4.40. The molecular formula is C15H21IN2O. The highest BCUT2D eigenvalue weighted by Crippen LogP contribution is 2.23. The van der Waals surface area contributed by atoms with Gasteiger partial charge in [0.1, 0.15) is 0 Å². The minimum Gasteiger partial charge on any atom is -0.376 e. The fourth-order valence-electron chi connectivity index (χ4n) is 2.43. The van der Waals surface area contributed by atoms with Gasteiger partial charge < -0.3 is 10.6 Å². The second kappa shape index (κ2) is 7.12. The molecule has 0 saturated heterocycles. The quantitative estimate of drug-likeness (QED) is 0.796. The smallest absolute Gasteiger partial charge is 0.239 e. The first-order valence-corrected chi connectivity index (χ1v) is 8.00. The first-order chi connectivity index (χ1) is 9.13. The van der Waals surface area contributed by atoms with Crippen LogP contribution in [0.25, 0.3) is 0 Å². The molecule has 0 radical (unpaired) electrons.